The molecule has 3 heterocycles. The summed E-state index contributed by atoms with van der Waals surface area (Å²) in [6, 6.07) is 12.1. The lowest BCUT2D eigenvalue weighted by atomic mass is 9.87. The molecule has 0 aliphatic carbocycles. The van der Waals surface area contributed by atoms with E-state index in [1.54, 1.807) is 24.8 Å². The van der Waals surface area contributed by atoms with Gasteiger partial charge in [-0.3, -0.25) is 14.8 Å². The molecule has 5 rings (SSSR count). The van der Waals surface area contributed by atoms with Crippen LogP contribution in [0.15, 0.2) is 61.7 Å². The highest BCUT2D eigenvalue weighted by atomic mass is 16.5. The van der Waals surface area contributed by atoms with Crippen molar-refractivity contribution in [2.45, 2.75) is 12.8 Å². The number of benzene rings is 2. The fourth-order valence-electron chi connectivity index (χ4n) is 4.59. The zero-order valence-corrected chi connectivity index (χ0v) is 19.5. The molecule has 1 amide bonds. The van der Waals surface area contributed by atoms with Crippen molar-refractivity contribution in [1.29, 1.82) is 0 Å². The predicted molar refractivity (Wildman–Crippen MR) is 136 cm³/mol. The molecule has 8 nitrogen and oxygen atoms in total. The molecule has 1 atom stereocenters. The summed E-state index contributed by atoms with van der Waals surface area (Å²) in [6.45, 7) is 8.89. The Morgan fingerprint density at radius 1 is 1.09 bits per heavy atom. The number of hydrogen-bond donors (Lipinski definition) is 1. The smallest absolute Gasteiger partial charge is 0.231 e. The molecule has 1 fully saturated rings. The van der Waals surface area contributed by atoms with Crippen molar-refractivity contribution < 1.29 is 9.53 Å². The first-order valence-corrected chi connectivity index (χ1v) is 11.5. The number of ether oxygens (including phenoxy) is 1. The van der Waals surface area contributed by atoms with E-state index in [0.717, 1.165) is 59.7 Å². The number of rotatable bonds is 6. The van der Waals surface area contributed by atoms with Crippen molar-refractivity contribution in [2.24, 2.45) is 5.73 Å². The van der Waals surface area contributed by atoms with Gasteiger partial charge in [-0.1, -0.05) is 24.8 Å². The maximum Gasteiger partial charge on any atom is 0.231 e. The fraction of sp³-hybridized carbons (Fsp3) is 0.222. The normalized spacial score (nSPS) is 14.6. The Balaban J connectivity index is 1.62. The molecule has 8 heteroatoms. The zero-order chi connectivity index (χ0) is 24.4. The number of carbonyl (C=O) groups excluding carboxylic acids is 1. The fourth-order valence-corrected chi connectivity index (χ4v) is 4.59. The summed E-state index contributed by atoms with van der Waals surface area (Å²) in [5.41, 5.74) is 12.2. The monoisotopic (exact) mass is 466 g/mol. The first-order chi connectivity index (χ1) is 17.1. The minimum Gasteiger partial charge on any atom is -0.378 e. The molecule has 0 bridgehead atoms. The third kappa shape index (κ3) is 4.36. The number of nitrogens with zero attached hydrogens (tertiary/aromatic N) is 5. The third-order valence-corrected chi connectivity index (χ3v) is 6.36. The Morgan fingerprint density at radius 2 is 1.89 bits per heavy atom. The first kappa shape index (κ1) is 22.6. The van der Waals surface area contributed by atoms with Crippen molar-refractivity contribution in [2.75, 3.05) is 31.2 Å². The van der Waals surface area contributed by atoms with Gasteiger partial charge in [-0.2, -0.15) is 0 Å². The van der Waals surface area contributed by atoms with E-state index in [4.69, 9.17) is 10.5 Å². The van der Waals surface area contributed by atoms with Crippen LogP contribution in [0.2, 0.25) is 0 Å². The number of fused-ring (bicyclic) bond motifs is 1. The number of aryl methyl sites for hydroxylation is 1. The summed E-state index contributed by atoms with van der Waals surface area (Å²) in [5, 5.41) is 0.924. The SMILES string of the molecule is C=Cc1ccc(-c2ncnc3cc(N4CCOCC4)ccc23)cc1C(C(N)=O)c1nccnc1C. The van der Waals surface area contributed by atoms with Crippen molar-refractivity contribution in [3.8, 4) is 11.3 Å². The van der Waals surface area contributed by atoms with Gasteiger partial charge in [0.15, 0.2) is 0 Å². The van der Waals surface area contributed by atoms with Crippen LogP contribution in [-0.2, 0) is 9.53 Å². The van der Waals surface area contributed by atoms with E-state index >= 15 is 0 Å². The van der Waals surface area contributed by atoms with E-state index in [-0.39, 0.29) is 0 Å². The van der Waals surface area contributed by atoms with Crippen LogP contribution in [-0.4, -0.2) is 52.1 Å². The van der Waals surface area contributed by atoms with Crippen LogP contribution in [0.25, 0.3) is 28.2 Å². The summed E-state index contributed by atoms with van der Waals surface area (Å²) in [7, 11) is 0. The van der Waals surface area contributed by atoms with Crippen molar-refractivity contribution in [3.05, 3.63) is 84.2 Å². The molecule has 0 saturated carbocycles. The van der Waals surface area contributed by atoms with Crippen LogP contribution < -0.4 is 10.6 Å². The second kappa shape index (κ2) is 9.60. The van der Waals surface area contributed by atoms with Gasteiger partial charge in [0.2, 0.25) is 5.91 Å². The van der Waals surface area contributed by atoms with Gasteiger partial charge in [0.05, 0.1) is 35.8 Å². The molecule has 2 aromatic carbocycles. The molecule has 35 heavy (non-hydrogen) atoms. The van der Waals surface area contributed by atoms with Gasteiger partial charge in [0, 0.05) is 42.1 Å². The summed E-state index contributed by atoms with van der Waals surface area (Å²) >= 11 is 0. The van der Waals surface area contributed by atoms with Crippen LogP contribution in [0.5, 0.6) is 0 Å². The number of aromatic nitrogens is 4. The molecule has 1 aliphatic heterocycles. The highest BCUT2D eigenvalue weighted by Gasteiger charge is 2.26. The lowest BCUT2D eigenvalue weighted by Gasteiger charge is -2.29. The molecule has 1 unspecified atom stereocenters. The van der Waals surface area contributed by atoms with E-state index in [0.29, 0.717) is 17.0 Å². The van der Waals surface area contributed by atoms with E-state index in [1.165, 1.54) is 0 Å². The van der Waals surface area contributed by atoms with Gasteiger partial charge in [-0.25, -0.2) is 9.97 Å². The van der Waals surface area contributed by atoms with Crippen LogP contribution in [0, 0.1) is 6.92 Å². The Kier molecular flexibility index (Phi) is 6.20. The standard InChI is InChI=1S/C27H26N6O2/c1-3-18-4-5-19(14-22(18)24(27(28)34)25-17(2)29-8-9-30-25)26-21-7-6-20(15-23(21)31-16-32-26)33-10-12-35-13-11-33/h3-9,14-16,24H,1,10-13H2,2H3,(H2,28,34). The minimum atomic E-state index is -0.766. The first-order valence-electron chi connectivity index (χ1n) is 11.5. The molecular formula is C27H26N6O2. The molecule has 0 spiro atoms. The Labute approximate surface area is 203 Å². The number of nitrogens with two attached hydrogens (primary N) is 1. The Morgan fingerprint density at radius 3 is 2.63 bits per heavy atom. The second-order valence-corrected chi connectivity index (χ2v) is 8.43. The van der Waals surface area contributed by atoms with Crippen molar-refractivity contribution in [1.82, 2.24) is 19.9 Å². The average molecular weight is 467 g/mol. The maximum absolute atomic E-state index is 12.6. The van der Waals surface area contributed by atoms with Crippen LogP contribution in [0.4, 0.5) is 5.69 Å². The van der Waals surface area contributed by atoms with E-state index in [9.17, 15) is 4.79 Å². The van der Waals surface area contributed by atoms with Gasteiger partial charge in [0.1, 0.15) is 12.2 Å². The number of carbonyl (C=O) groups is 1. The van der Waals surface area contributed by atoms with Crippen molar-refractivity contribution in [3.63, 3.8) is 0 Å². The number of anilines is 1. The molecule has 1 aliphatic rings. The topological polar surface area (TPSA) is 107 Å². The third-order valence-electron chi connectivity index (χ3n) is 6.36. The largest absolute Gasteiger partial charge is 0.378 e. The van der Waals surface area contributed by atoms with Crippen molar-refractivity contribution >= 4 is 28.6 Å². The van der Waals surface area contributed by atoms with Crippen LogP contribution >= 0.6 is 0 Å². The molecule has 2 aromatic heterocycles. The quantitative estimate of drug-likeness (QED) is 0.463. The molecular weight excluding hydrogens is 440 g/mol. The lowest BCUT2D eigenvalue weighted by molar-refractivity contribution is -0.118. The van der Waals surface area contributed by atoms with E-state index < -0.39 is 11.8 Å². The second-order valence-electron chi connectivity index (χ2n) is 8.43. The van der Waals surface area contributed by atoms with Crippen LogP contribution in [0.1, 0.15) is 28.4 Å². The van der Waals surface area contributed by atoms with Crippen LogP contribution in [0.3, 0.4) is 0 Å². The van der Waals surface area contributed by atoms with E-state index in [1.807, 2.05) is 25.1 Å². The molecule has 2 N–H and O–H groups in total. The highest BCUT2D eigenvalue weighted by molar-refractivity contribution is 5.95. The number of hydrogen-bond acceptors (Lipinski definition) is 7. The minimum absolute atomic E-state index is 0.503. The van der Waals surface area contributed by atoms with Gasteiger partial charge >= 0.3 is 0 Å². The number of morpholine rings is 1. The van der Waals surface area contributed by atoms with Gasteiger partial charge in [0.25, 0.3) is 0 Å². The summed E-state index contributed by atoms with van der Waals surface area (Å²) in [6.07, 6.45) is 6.45. The summed E-state index contributed by atoms with van der Waals surface area (Å²) in [4.78, 5) is 32.8. The molecule has 1 saturated heterocycles. The molecule has 176 valence electrons. The van der Waals surface area contributed by atoms with Gasteiger partial charge in [-0.15, -0.1) is 0 Å². The summed E-state index contributed by atoms with van der Waals surface area (Å²) in [5.74, 6) is -1.27. The number of amides is 1. The average Bonchev–Trinajstić information content (AvgIpc) is 2.89. The zero-order valence-electron chi connectivity index (χ0n) is 19.5. The number of primary amides is 1. The molecule has 0 radical (unpaired) electrons. The van der Waals surface area contributed by atoms with Gasteiger partial charge in [-0.05, 0) is 42.3 Å². The highest BCUT2D eigenvalue weighted by Crippen LogP contribution is 2.34. The lowest BCUT2D eigenvalue weighted by Crippen LogP contribution is -2.36. The molecule has 4 aromatic rings. The predicted octanol–water partition coefficient (Wildman–Crippen LogP) is 3.49. The van der Waals surface area contributed by atoms with Gasteiger partial charge < -0.3 is 15.4 Å². The Hall–Kier alpha value is -4.17. The van der Waals surface area contributed by atoms with E-state index in [2.05, 4.69) is 49.6 Å². The maximum atomic E-state index is 12.6. The Bertz CT molecular complexity index is 1410. The summed E-state index contributed by atoms with van der Waals surface area (Å²) < 4.78 is 5.48.